The number of nitrogens with zero attached hydrogens (tertiary/aromatic N) is 3. The van der Waals surface area contributed by atoms with Crippen molar-refractivity contribution in [3.05, 3.63) is 65.6 Å². The fourth-order valence-corrected chi connectivity index (χ4v) is 4.10. The van der Waals surface area contributed by atoms with E-state index in [0.29, 0.717) is 28.7 Å². The highest BCUT2D eigenvalue weighted by atomic mass is 19.1. The van der Waals surface area contributed by atoms with E-state index in [1.807, 2.05) is 24.0 Å². The first kappa shape index (κ1) is 21.7. The average Bonchev–Trinajstić information content (AvgIpc) is 3.09. The lowest BCUT2D eigenvalue weighted by Gasteiger charge is -2.30. The minimum Gasteiger partial charge on any atom is -0.339 e. The number of anilines is 1. The van der Waals surface area contributed by atoms with Crippen LogP contribution >= 0.6 is 0 Å². The molecule has 0 aliphatic carbocycles. The minimum atomic E-state index is -0.330. The van der Waals surface area contributed by atoms with E-state index in [2.05, 4.69) is 17.3 Å². The van der Waals surface area contributed by atoms with Crippen molar-refractivity contribution in [2.75, 3.05) is 18.4 Å². The fraction of sp³-hybridized carbons (Fsp3) is 0.320. The SMILES string of the molecule is CC(=O)Nc1c(-c2ccc(F)cc2)c(C)nn1-c1ccc(C(=O)N2CCC(C)CC2)cc1. The van der Waals surface area contributed by atoms with Crippen LogP contribution in [-0.4, -0.2) is 39.6 Å². The summed E-state index contributed by atoms with van der Waals surface area (Å²) in [5.74, 6) is 0.635. The summed E-state index contributed by atoms with van der Waals surface area (Å²) in [5, 5.41) is 7.48. The second-order valence-electron chi connectivity index (χ2n) is 8.43. The molecule has 2 amide bonds. The van der Waals surface area contributed by atoms with Crippen molar-refractivity contribution < 1.29 is 14.0 Å². The predicted molar refractivity (Wildman–Crippen MR) is 122 cm³/mol. The number of rotatable bonds is 4. The summed E-state index contributed by atoms with van der Waals surface area (Å²) in [7, 11) is 0. The van der Waals surface area contributed by atoms with Crippen LogP contribution in [0.2, 0.25) is 0 Å². The second-order valence-corrected chi connectivity index (χ2v) is 8.43. The molecule has 1 aliphatic heterocycles. The third-order valence-corrected chi connectivity index (χ3v) is 5.92. The lowest BCUT2D eigenvalue weighted by molar-refractivity contribution is -0.114. The Morgan fingerprint density at radius 1 is 1.03 bits per heavy atom. The Kier molecular flexibility index (Phi) is 6.08. The maximum atomic E-state index is 13.4. The molecule has 1 aromatic heterocycles. The number of likely N-dealkylation sites (tertiary alicyclic amines) is 1. The molecule has 2 aromatic carbocycles. The molecule has 1 N–H and O–H groups in total. The lowest BCUT2D eigenvalue weighted by Crippen LogP contribution is -2.37. The Bertz CT molecular complexity index is 1130. The zero-order valence-electron chi connectivity index (χ0n) is 18.6. The number of piperidine rings is 1. The monoisotopic (exact) mass is 434 g/mol. The Labute approximate surface area is 187 Å². The van der Waals surface area contributed by atoms with Crippen molar-refractivity contribution in [3.8, 4) is 16.8 Å². The minimum absolute atomic E-state index is 0.0363. The Morgan fingerprint density at radius 2 is 1.66 bits per heavy atom. The highest BCUT2D eigenvalue weighted by Crippen LogP contribution is 2.33. The fourth-order valence-electron chi connectivity index (χ4n) is 4.10. The average molecular weight is 435 g/mol. The Hall–Kier alpha value is -3.48. The number of carbonyl (C=O) groups excluding carboxylic acids is 2. The first-order valence-corrected chi connectivity index (χ1v) is 10.9. The molecule has 2 heterocycles. The van der Waals surface area contributed by atoms with Crippen molar-refractivity contribution >= 4 is 17.6 Å². The standard InChI is InChI=1S/C25H27FN4O2/c1-16-12-14-29(15-13-16)25(32)20-6-10-22(11-7-20)30-24(27-18(3)31)23(17(2)28-30)19-4-8-21(26)9-5-19/h4-11,16H,12-15H2,1-3H3,(H,27,31). The van der Waals surface area contributed by atoms with E-state index in [4.69, 9.17) is 0 Å². The van der Waals surface area contributed by atoms with Crippen LogP contribution in [0.3, 0.4) is 0 Å². The van der Waals surface area contributed by atoms with Gasteiger partial charge in [0.25, 0.3) is 5.91 Å². The van der Waals surface area contributed by atoms with Gasteiger partial charge < -0.3 is 10.2 Å². The van der Waals surface area contributed by atoms with Crippen LogP contribution in [0, 0.1) is 18.7 Å². The molecule has 1 aliphatic rings. The molecule has 0 atom stereocenters. The summed E-state index contributed by atoms with van der Waals surface area (Å²) in [5.41, 5.74) is 3.52. The van der Waals surface area contributed by atoms with Crippen molar-refractivity contribution in [1.82, 2.24) is 14.7 Å². The van der Waals surface area contributed by atoms with E-state index >= 15 is 0 Å². The van der Waals surface area contributed by atoms with Gasteiger partial charge in [-0.3, -0.25) is 9.59 Å². The van der Waals surface area contributed by atoms with Crippen molar-refractivity contribution in [2.24, 2.45) is 5.92 Å². The van der Waals surface area contributed by atoms with Crippen LogP contribution in [0.15, 0.2) is 48.5 Å². The largest absolute Gasteiger partial charge is 0.339 e. The zero-order chi connectivity index (χ0) is 22.8. The van der Waals surface area contributed by atoms with Crippen LogP contribution in [0.4, 0.5) is 10.2 Å². The van der Waals surface area contributed by atoms with Crippen molar-refractivity contribution in [3.63, 3.8) is 0 Å². The molecule has 4 rings (SSSR count). The molecular weight excluding hydrogens is 407 g/mol. The zero-order valence-corrected chi connectivity index (χ0v) is 18.6. The maximum Gasteiger partial charge on any atom is 0.253 e. The molecule has 32 heavy (non-hydrogen) atoms. The molecule has 0 unspecified atom stereocenters. The number of hydrogen-bond donors (Lipinski definition) is 1. The van der Waals surface area contributed by atoms with E-state index < -0.39 is 0 Å². The number of benzene rings is 2. The molecule has 3 aromatic rings. The van der Waals surface area contributed by atoms with Gasteiger partial charge in [-0.05, 0) is 67.6 Å². The first-order valence-electron chi connectivity index (χ1n) is 10.9. The lowest BCUT2D eigenvalue weighted by atomic mass is 9.98. The van der Waals surface area contributed by atoms with E-state index in [1.165, 1.54) is 19.1 Å². The van der Waals surface area contributed by atoms with Crippen molar-refractivity contribution in [2.45, 2.75) is 33.6 Å². The molecule has 0 radical (unpaired) electrons. The molecule has 0 saturated carbocycles. The second kappa shape index (κ2) is 8.94. The summed E-state index contributed by atoms with van der Waals surface area (Å²) < 4.78 is 15.1. The molecule has 7 heteroatoms. The summed E-state index contributed by atoms with van der Waals surface area (Å²) >= 11 is 0. The molecule has 0 spiro atoms. The van der Waals surface area contributed by atoms with Gasteiger partial charge in [0.2, 0.25) is 5.91 Å². The van der Waals surface area contributed by atoms with Crippen molar-refractivity contribution in [1.29, 1.82) is 0 Å². The quantitative estimate of drug-likeness (QED) is 0.640. The Morgan fingerprint density at radius 3 is 2.25 bits per heavy atom. The van der Waals surface area contributed by atoms with Crippen LogP contribution in [0.1, 0.15) is 42.7 Å². The normalized spacial score (nSPS) is 14.4. The molecule has 1 saturated heterocycles. The summed E-state index contributed by atoms with van der Waals surface area (Å²) in [6.07, 6.45) is 2.06. The van der Waals surface area contributed by atoms with E-state index in [-0.39, 0.29) is 17.6 Å². The highest BCUT2D eigenvalue weighted by molar-refractivity contribution is 5.95. The van der Waals surface area contributed by atoms with Gasteiger partial charge in [-0.2, -0.15) is 5.10 Å². The van der Waals surface area contributed by atoms with Crippen LogP contribution < -0.4 is 5.32 Å². The van der Waals surface area contributed by atoms with Gasteiger partial charge >= 0.3 is 0 Å². The number of hydrogen-bond acceptors (Lipinski definition) is 3. The van der Waals surface area contributed by atoms with E-state index in [9.17, 15) is 14.0 Å². The van der Waals surface area contributed by atoms with Gasteiger partial charge in [0.15, 0.2) is 0 Å². The molecule has 0 bridgehead atoms. The third-order valence-electron chi connectivity index (χ3n) is 5.92. The topological polar surface area (TPSA) is 67.2 Å². The van der Waals surface area contributed by atoms with Crippen LogP contribution in [-0.2, 0) is 4.79 Å². The van der Waals surface area contributed by atoms with Gasteiger partial charge in [-0.25, -0.2) is 9.07 Å². The maximum absolute atomic E-state index is 13.4. The van der Waals surface area contributed by atoms with E-state index in [0.717, 1.165) is 37.1 Å². The molecular formula is C25H27FN4O2. The molecule has 6 nitrogen and oxygen atoms in total. The number of aromatic nitrogens is 2. The number of aryl methyl sites for hydroxylation is 1. The van der Waals surface area contributed by atoms with E-state index in [1.54, 1.807) is 28.9 Å². The molecule has 1 fully saturated rings. The first-order chi connectivity index (χ1) is 15.3. The highest BCUT2D eigenvalue weighted by Gasteiger charge is 2.22. The third kappa shape index (κ3) is 4.42. The van der Waals surface area contributed by atoms with Crippen LogP contribution in [0.25, 0.3) is 16.8 Å². The number of nitrogens with one attached hydrogen (secondary N) is 1. The number of carbonyl (C=O) groups is 2. The van der Waals surface area contributed by atoms with Gasteiger partial charge in [-0.1, -0.05) is 19.1 Å². The number of halogens is 1. The van der Waals surface area contributed by atoms with Gasteiger partial charge in [0.1, 0.15) is 11.6 Å². The summed E-state index contributed by atoms with van der Waals surface area (Å²) in [4.78, 5) is 26.7. The number of amides is 2. The van der Waals surface area contributed by atoms with Gasteiger partial charge in [0, 0.05) is 31.1 Å². The van der Waals surface area contributed by atoms with Gasteiger partial charge in [0.05, 0.1) is 11.4 Å². The molecule has 166 valence electrons. The smallest absolute Gasteiger partial charge is 0.253 e. The van der Waals surface area contributed by atoms with Gasteiger partial charge in [-0.15, -0.1) is 0 Å². The predicted octanol–water partition coefficient (Wildman–Crippen LogP) is 4.82. The summed E-state index contributed by atoms with van der Waals surface area (Å²) in [6, 6.07) is 13.3. The summed E-state index contributed by atoms with van der Waals surface area (Å²) in [6.45, 7) is 7.06. The van der Waals surface area contributed by atoms with Crippen LogP contribution in [0.5, 0.6) is 0 Å². The Balaban J connectivity index is 1.67.